The molecule has 5 nitrogen and oxygen atoms in total. The van der Waals surface area contributed by atoms with E-state index in [9.17, 15) is 22.8 Å². The predicted molar refractivity (Wildman–Crippen MR) is 78.7 cm³/mol. The molecule has 2 N–H and O–H groups in total. The van der Waals surface area contributed by atoms with Crippen LogP contribution in [-0.2, 0) is 6.18 Å². The zero-order chi connectivity index (χ0) is 17.4. The highest BCUT2D eigenvalue weighted by molar-refractivity contribution is 6.31. The van der Waals surface area contributed by atoms with Crippen LogP contribution in [0.4, 0.5) is 18.9 Å². The molecule has 1 aromatic heterocycles. The molecule has 0 radical (unpaired) electrons. The highest BCUT2D eigenvalue weighted by Crippen LogP contribution is 2.36. The molecular formula is C14H11ClF3N3O2. The van der Waals surface area contributed by atoms with Crippen LogP contribution in [0.2, 0.25) is 5.02 Å². The Balaban J connectivity index is 2.37. The number of anilines is 1. The molecular weight excluding hydrogens is 335 g/mol. The molecule has 0 aliphatic rings. The number of alkyl halides is 3. The number of amides is 1. The fraction of sp³-hybridized carbons (Fsp3) is 0.214. The molecule has 122 valence electrons. The Kier molecular flexibility index (Phi) is 4.46. The van der Waals surface area contributed by atoms with Crippen molar-refractivity contribution in [1.29, 1.82) is 0 Å². The molecule has 0 aliphatic heterocycles. The van der Waals surface area contributed by atoms with E-state index in [-0.39, 0.29) is 16.9 Å². The number of nitrogens with zero attached hydrogens (tertiary/aromatic N) is 1. The van der Waals surface area contributed by atoms with Gasteiger partial charge in [0, 0.05) is 5.69 Å². The number of carbonyl (C=O) groups excluding carboxylic acids is 1. The fourth-order valence-electron chi connectivity index (χ4n) is 2.01. The first-order valence-corrected chi connectivity index (χ1v) is 6.73. The SMILES string of the molecule is Cc1nc(C)c(C(=O)Nc2ccc(Cl)c(C(F)(F)F)c2)c(=O)[nH]1. The van der Waals surface area contributed by atoms with Crippen LogP contribution in [0.15, 0.2) is 23.0 Å². The van der Waals surface area contributed by atoms with Crippen LogP contribution in [-0.4, -0.2) is 15.9 Å². The summed E-state index contributed by atoms with van der Waals surface area (Å²) >= 11 is 5.50. The fourth-order valence-corrected chi connectivity index (χ4v) is 2.23. The van der Waals surface area contributed by atoms with Crippen molar-refractivity contribution in [3.05, 3.63) is 56.2 Å². The van der Waals surface area contributed by atoms with Crippen LogP contribution < -0.4 is 10.9 Å². The number of carbonyl (C=O) groups is 1. The van der Waals surface area contributed by atoms with Gasteiger partial charge in [0.2, 0.25) is 0 Å². The standard InChI is InChI=1S/C14H11ClF3N3O2/c1-6-11(12(22)20-7(2)19-6)13(23)21-8-3-4-10(15)9(5-8)14(16,17)18/h3-5H,1-2H3,(H,21,23)(H,19,20,22). The zero-order valence-electron chi connectivity index (χ0n) is 12.0. The lowest BCUT2D eigenvalue weighted by Crippen LogP contribution is -2.26. The second-order valence-corrected chi connectivity index (χ2v) is 5.17. The van der Waals surface area contributed by atoms with E-state index >= 15 is 0 Å². The van der Waals surface area contributed by atoms with Gasteiger partial charge in [0.1, 0.15) is 11.4 Å². The molecule has 0 fully saturated rings. The summed E-state index contributed by atoms with van der Waals surface area (Å²) in [5, 5.41) is 1.76. The van der Waals surface area contributed by atoms with E-state index in [1.807, 2.05) is 0 Å². The molecule has 0 unspecified atom stereocenters. The molecule has 9 heteroatoms. The molecule has 0 bridgehead atoms. The first-order valence-electron chi connectivity index (χ1n) is 6.35. The van der Waals surface area contributed by atoms with E-state index in [1.165, 1.54) is 13.0 Å². The van der Waals surface area contributed by atoms with Crippen LogP contribution in [0, 0.1) is 13.8 Å². The average Bonchev–Trinajstić information content (AvgIpc) is 2.38. The van der Waals surface area contributed by atoms with Crippen molar-refractivity contribution in [2.75, 3.05) is 5.32 Å². The summed E-state index contributed by atoms with van der Waals surface area (Å²) in [6, 6.07) is 2.93. The number of halogens is 4. The molecule has 0 atom stereocenters. The summed E-state index contributed by atoms with van der Waals surface area (Å²) in [6.07, 6.45) is -4.66. The minimum Gasteiger partial charge on any atom is -0.322 e. The highest BCUT2D eigenvalue weighted by atomic mass is 35.5. The molecule has 0 saturated carbocycles. The minimum atomic E-state index is -4.66. The molecule has 0 saturated heterocycles. The zero-order valence-corrected chi connectivity index (χ0v) is 12.8. The van der Waals surface area contributed by atoms with E-state index in [0.717, 1.165) is 6.07 Å². The summed E-state index contributed by atoms with van der Waals surface area (Å²) in [5.41, 5.74) is -1.97. The minimum absolute atomic E-state index is 0.133. The van der Waals surface area contributed by atoms with Gasteiger partial charge in [-0.25, -0.2) is 4.98 Å². The molecule has 2 rings (SSSR count). The lowest BCUT2D eigenvalue weighted by Gasteiger charge is -2.12. The van der Waals surface area contributed by atoms with Crippen molar-refractivity contribution in [2.45, 2.75) is 20.0 Å². The van der Waals surface area contributed by atoms with Crippen molar-refractivity contribution in [3.63, 3.8) is 0 Å². The van der Waals surface area contributed by atoms with Gasteiger partial charge in [-0.15, -0.1) is 0 Å². The number of H-pyrrole nitrogens is 1. The van der Waals surface area contributed by atoms with Gasteiger partial charge in [-0.3, -0.25) is 9.59 Å². The van der Waals surface area contributed by atoms with E-state index in [0.29, 0.717) is 11.9 Å². The second kappa shape index (κ2) is 6.04. The molecule has 2 aromatic rings. The van der Waals surface area contributed by atoms with Crippen molar-refractivity contribution in [3.8, 4) is 0 Å². The van der Waals surface area contributed by atoms with Crippen LogP contribution in [0.1, 0.15) is 27.4 Å². The van der Waals surface area contributed by atoms with Gasteiger partial charge in [-0.1, -0.05) is 11.6 Å². The van der Waals surface area contributed by atoms with Crippen molar-refractivity contribution in [1.82, 2.24) is 9.97 Å². The molecule has 1 heterocycles. The van der Waals surface area contributed by atoms with Crippen LogP contribution in [0.3, 0.4) is 0 Å². The highest BCUT2D eigenvalue weighted by Gasteiger charge is 2.33. The van der Waals surface area contributed by atoms with Crippen LogP contribution >= 0.6 is 11.6 Å². The van der Waals surface area contributed by atoms with E-state index < -0.39 is 28.2 Å². The maximum atomic E-state index is 12.8. The largest absolute Gasteiger partial charge is 0.417 e. The Morgan fingerprint density at radius 3 is 2.52 bits per heavy atom. The van der Waals surface area contributed by atoms with Crippen molar-refractivity contribution in [2.24, 2.45) is 0 Å². The number of hydrogen-bond donors (Lipinski definition) is 2. The lowest BCUT2D eigenvalue weighted by atomic mass is 10.1. The molecule has 1 amide bonds. The van der Waals surface area contributed by atoms with Crippen molar-refractivity contribution >= 4 is 23.2 Å². The number of aromatic nitrogens is 2. The third-order valence-electron chi connectivity index (χ3n) is 2.98. The van der Waals surface area contributed by atoms with Crippen LogP contribution in [0.5, 0.6) is 0 Å². The quantitative estimate of drug-likeness (QED) is 0.876. The van der Waals surface area contributed by atoms with Gasteiger partial charge < -0.3 is 10.3 Å². The molecule has 0 aliphatic carbocycles. The van der Waals surface area contributed by atoms with E-state index in [1.54, 1.807) is 6.92 Å². The smallest absolute Gasteiger partial charge is 0.322 e. The number of benzene rings is 1. The topological polar surface area (TPSA) is 74.8 Å². The summed E-state index contributed by atoms with van der Waals surface area (Å²) in [5.74, 6) is -0.526. The summed E-state index contributed by atoms with van der Waals surface area (Å²) in [7, 11) is 0. The van der Waals surface area contributed by atoms with Gasteiger partial charge in [-0.2, -0.15) is 13.2 Å². The number of aromatic amines is 1. The number of hydrogen-bond acceptors (Lipinski definition) is 3. The van der Waals surface area contributed by atoms with Gasteiger partial charge in [0.15, 0.2) is 0 Å². The maximum absolute atomic E-state index is 12.8. The molecule has 1 aromatic carbocycles. The van der Waals surface area contributed by atoms with Gasteiger partial charge >= 0.3 is 6.18 Å². The predicted octanol–water partition coefficient (Wildman–Crippen LogP) is 3.31. The molecule has 23 heavy (non-hydrogen) atoms. The first-order chi connectivity index (χ1) is 10.6. The first kappa shape index (κ1) is 17.0. The van der Waals surface area contributed by atoms with E-state index in [2.05, 4.69) is 15.3 Å². The number of rotatable bonds is 2. The lowest BCUT2D eigenvalue weighted by molar-refractivity contribution is -0.137. The average molecular weight is 346 g/mol. The number of nitrogens with one attached hydrogen (secondary N) is 2. The van der Waals surface area contributed by atoms with Crippen molar-refractivity contribution < 1.29 is 18.0 Å². The third kappa shape index (κ3) is 3.70. The Labute approximate surface area is 133 Å². The monoisotopic (exact) mass is 345 g/mol. The van der Waals surface area contributed by atoms with Gasteiger partial charge in [0.05, 0.1) is 16.3 Å². The third-order valence-corrected chi connectivity index (χ3v) is 3.30. The van der Waals surface area contributed by atoms with Gasteiger partial charge in [0.25, 0.3) is 11.5 Å². The maximum Gasteiger partial charge on any atom is 0.417 e. The summed E-state index contributed by atoms with van der Waals surface area (Å²) in [4.78, 5) is 30.3. The Hall–Kier alpha value is -2.35. The Morgan fingerprint density at radius 2 is 1.96 bits per heavy atom. The summed E-state index contributed by atoms with van der Waals surface area (Å²) in [6.45, 7) is 3.01. The molecule has 0 spiro atoms. The second-order valence-electron chi connectivity index (χ2n) is 4.76. The van der Waals surface area contributed by atoms with Crippen LogP contribution in [0.25, 0.3) is 0 Å². The summed E-state index contributed by atoms with van der Waals surface area (Å²) < 4.78 is 38.4. The van der Waals surface area contributed by atoms with Gasteiger partial charge in [-0.05, 0) is 32.0 Å². The number of aryl methyl sites for hydroxylation is 2. The normalized spacial score (nSPS) is 11.4. The Morgan fingerprint density at radius 1 is 1.30 bits per heavy atom. The Bertz CT molecular complexity index is 831. The van der Waals surface area contributed by atoms with E-state index in [4.69, 9.17) is 11.6 Å².